The third-order valence-electron chi connectivity index (χ3n) is 18.2. The summed E-state index contributed by atoms with van der Waals surface area (Å²) >= 11 is 0. The molecule has 0 saturated carbocycles. The Balaban J connectivity index is 0.706. The van der Waals surface area contributed by atoms with Gasteiger partial charge in [-0.1, -0.05) is 0 Å². The van der Waals surface area contributed by atoms with Gasteiger partial charge in [0.15, 0.2) is 50.3 Å². The van der Waals surface area contributed by atoms with E-state index in [-0.39, 0.29) is 13.2 Å². The van der Waals surface area contributed by atoms with Gasteiger partial charge in [0.1, 0.15) is 195 Å². The van der Waals surface area contributed by atoms with Crippen LogP contribution < -0.4 is 0 Å². The fourth-order valence-corrected chi connectivity index (χ4v) is 14.3. The first-order valence-corrected chi connectivity index (χ1v) is 34.0. The molecule has 8 bridgehead atoms. The molecule has 0 amide bonds. The van der Waals surface area contributed by atoms with Crippen LogP contribution in [0.3, 0.4) is 0 Å². The van der Waals surface area contributed by atoms with Crippen LogP contribution in [0.4, 0.5) is 0 Å². The number of ether oxygens (including phenoxy) is 19. The van der Waals surface area contributed by atoms with E-state index in [0.29, 0.717) is 0 Å². The molecule has 0 radical (unpaired) electrons. The van der Waals surface area contributed by atoms with E-state index in [2.05, 4.69) is 12.5 Å². The molecular formula is C48H74O46S3. The Morgan fingerprint density at radius 1 is 0.278 bits per heavy atom. The molecular weight excluding hydrogens is 1410 g/mol. The van der Waals surface area contributed by atoms with E-state index >= 15 is 0 Å². The molecule has 49 heteroatoms. The maximum Gasteiger partial charge on any atom is 0.397 e. The van der Waals surface area contributed by atoms with Crippen LogP contribution in [0.15, 0.2) is 0 Å². The number of hydrogen-bond acceptors (Lipinski definition) is 43. The third kappa shape index (κ3) is 15.7. The van der Waals surface area contributed by atoms with Crippen LogP contribution in [0.5, 0.6) is 0 Å². The average Bonchev–Trinajstić information content (AvgIpc) is 1.74. The van der Waals surface area contributed by atoms with Gasteiger partial charge in [-0.05, 0) is 0 Å². The quantitative estimate of drug-likeness (QED) is 0.0399. The molecule has 0 aromatic carbocycles. The minimum atomic E-state index is -5.30. The van der Waals surface area contributed by atoms with Crippen molar-refractivity contribution < 1.29 is 218 Å². The Morgan fingerprint density at radius 3 is 0.856 bits per heavy atom. The topological polar surface area (TPSA) is 670 Å². The number of rotatable bonds is 24. The van der Waals surface area contributed by atoms with Gasteiger partial charge >= 0.3 is 31.2 Å². The van der Waals surface area contributed by atoms with E-state index in [1.807, 2.05) is 0 Å². The largest absolute Gasteiger partial charge is 0.397 e. The highest BCUT2D eigenvalue weighted by atomic mass is 32.3. The lowest BCUT2D eigenvalue weighted by Gasteiger charge is -2.48. The maximum absolute atomic E-state index is 11.9. The number of fused-ring (bicyclic) bond motifs is 8. The average molecular weight is 1480 g/mol. The lowest BCUT2D eigenvalue weighted by molar-refractivity contribution is -0.383. The molecule has 97 heavy (non-hydrogen) atoms. The van der Waals surface area contributed by atoms with Crippen molar-refractivity contribution in [1.29, 1.82) is 0 Å². The first kappa shape index (κ1) is 74.9. The molecule has 1 unspecified atom stereocenters. The van der Waals surface area contributed by atoms with Gasteiger partial charge in [-0.2, -0.15) is 25.3 Å². The highest BCUT2D eigenvalue weighted by molar-refractivity contribution is 7.81. The molecule has 18 N–H and O–H groups in total. The summed E-state index contributed by atoms with van der Waals surface area (Å²) in [5, 5.41) is 167. The van der Waals surface area contributed by atoms with E-state index in [0.717, 1.165) is 0 Å². The predicted molar refractivity (Wildman–Crippen MR) is 282 cm³/mol. The summed E-state index contributed by atoms with van der Waals surface area (Å²) in [7, 11) is -15.8. The molecule has 46 nitrogen and oxygen atoms in total. The molecule has 12 aliphatic rings. The minimum absolute atomic E-state index is 0.179. The lowest BCUT2D eigenvalue weighted by atomic mass is 9.96. The number of hydrogen-bond donors (Lipinski definition) is 18. The normalized spacial score (nSPS) is 52.4. The Bertz CT molecular complexity index is 3000. The summed E-state index contributed by atoms with van der Waals surface area (Å²) in [5.41, 5.74) is 0. The molecule has 40 atom stereocenters. The number of aliphatic hydroxyl groups is 15. The standard InChI is InChI=1S/C48H74O46S3/c49-1-9-17(50)34(22(55)41(63)80-9)91-46-27(60)38-30(14(85-46)3-74-38)88-44-25(58)36(20(53)12(83-44)7-78-96(67,68)69)93-48-29(62)40-32(16(87-48)5-76-40)90-45-26(59)37(21(54)13(84-45)8-79-97(70,71)72)94-47-28(61)39-31(15(86-47)4-75-39)89-43-24(57)35(19(52)11(82-43)6-77-95(64,65)66)92-42-23(56)33-18(51)10(81-42)2-73-33/h9-63H,1-8H2,(H,64,65,66)(H,67,68,69)(H,70,71,72)/t9-,10+,11-,12-,13-,14+,15+,16+,17+,18-,19+,20+,21+,22-,23+,24-,25-,26-,27+,28+,29+,30-,31-,32-,33-,34+,35+,36+,37+,38+,39+,40+,41?,42+,43+,44+,45+,46+,47+,48+/m1/s1. The van der Waals surface area contributed by atoms with E-state index in [1.165, 1.54) is 0 Å². The maximum atomic E-state index is 11.9. The van der Waals surface area contributed by atoms with Gasteiger partial charge in [0.2, 0.25) is 0 Å². The van der Waals surface area contributed by atoms with Gasteiger partial charge in [0, 0.05) is 0 Å². The summed E-state index contributed by atoms with van der Waals surface area (Å²) in [5.74, 6) is 0. The highest BCUT2D eigenvalue weighted by Crippen LogP contribution is 2.43. The molecule has 0 aromatic heterocycles. The highest BCUT2D eigenvalue weighted by Gasteiger charge is 2.63. The van der Waals surface area contributed by atoms with Gasteiger partial charge in [0.05, 0.1) is 52.9 Å². The molecule has 12 heterocycles. The van der Waals surface area contributed by atoms with Crippen molar-refractivity contribution in [2.24, 2.45) is 0 Å². The second kappa shape index (κ2) is 29.7. The molecule has 12 rings (SSSR count). The van der Waals surface area contributed by atoms with E-state index in [1.54, 1.807) is 0 Å². The smallest absolute Gasteiger partial charge is 0.394 e. The monoisotopic (exact) mass is 1480 g/mol. The fourth-order valence-electron chi connectivity index (χ4n) is 13.4. The summed E-state index contributed by atoms with van der Waals surface area (Å²) in [4.78, 5) is 0. The minimum Gasteiger partial charge on any atom is -0.394 e. The van der Waals surface area contributed by atoms with Crippen LogP contribution in [-0.2, 0) is 134 Å². The van der Waals surface area contributed by atoms with Crippen molar-refractivity contribution in [2.45, 2.75) is 246 Å². The first-order valence-electron chi connectivity index (χ1n) is 29.9. The zero-order valence-corrected chi connectivity index (χ0v) is 51.9. The molecule has 560 valence electrons. The van der Waals surface area contributed by atoms with Gasteiger partial charge < -0.3 is 167 Å². The molecule has 12 fully saturated rings. The van der Waals surface area contributed by atoms with Crippen molar-refractivity contribution in [3.05, 3.63) is 0 Å². The fraction of sp³-hybridized carbons (Fsp3) is 1.00. The number of aliphatic hydroxyl groups excluding tert-OH is 15. The van der Waals surface area contributed by atoms with E-state index in [9.17, 15) is 116 Å². The van der Waals surface area contributed by atoms with E-state index < -0.39 is 316 Å². The van der Waals surface area contributed by atoms with Crippen molar-refractivity contribution in [2.75, 3.05) is 52.9 Å². The van der Waals surface area contributed by atoms with Crippen LogP contribution >= 0.6 is 0 Å². The van der Waals surface area contributed by atoms with Crippen molar-refractivity contribution in [3.8, 4) is 0 Å². The molecule has 0 spiro atoms. The summed E-state index contributed by atoms with van der Waals surface area (Å²) in [6, 6.07) is 0. The Kier molecular flexibility index (Phi) is 22.9. The van der Waals surface area contributed by atoms with Gasteiger partial charge in [-0.3, -0.25) is 13.7 Å². The SMILES string of the molecule is O=S(=O)(O)OC[C@H]1O[C@@H](O[C@H]2[C@H]3OC[C@@H]2O[C@@H](O[C@H]2[C@@H](O)[C@@H](COS(=O)(=O)O)O[C@@H](O[C@H]4[C@H]5OC[C@@H]4O[C@@H](O[C@H]4[C@@H](O)[C@@H](COS(=O)(=O)O)O[C@@H](O[C@H]6[C@H]7OC[C@@H]6O[C@@H](O[C@H]6[C@@H](O)[C@@H](CO)OC(O)[C@@H]6O)[C@H]7O)[C@@H]4O)[C@H]5O)[C@@H]2O)[C@H]3O)[C@H](O)[C@@H](O[C@@H]2O[C@H]3CO[C@@H]([C@@H]2O)[C@@H]3O)[C@H]1O. The van der Waals surface area contributed by atoms with Gasteiger partial charge in [0.25, 0.3) is 0 Å². The molecule has 12 aliphatic heterocycles. The van der Waals surface area contributed by atoms with E-state index in [4.69, 9.17) is 90.0 Å². The predicted octanol–water partition coefficient (Wildman–Crippen LogP) is -14.8. The van der Waals surface area contributed by atoms with Crippen molar-refractivity contribution >= 4 is 31.2 Å². The van der Waals surface area contributed by atoms with Crippen LogP contribution in [-0.4, -0.2) is 414 Å². The van der Waals surface area contributed by atoms with Crippen LogP contribution in [0.25, 0.3) is 0 Å². The lowest BCUT2D eigenvalue weighted by Crippen LogP contribution is -2.67. The van der Waals surface area contributed by atoms with Crippen LogP contribution in [0, 0.1) is 0 Å². The zero-order chi connectivity index (χ0) is 69.8. The molecule has 12 saturated heterocycles. The summed E-state index contributed by atoms with van der Waals surface area (Å²) in [6.45, 7) is -5.82. The Hall–Kier alpha value is -1.75. The summed E-state index contributed by atoms with van der Waals surface area (Å²) in [6.07, 6.45) is -71.2. The molecule has 0 aliphatic carbocycles. The van der Waals surface area contributed by atoms with Crippen molar-refractivity contribution in [3.63, 3.8) is 0 Å². The second-order valence-electron chi connectivity index (χ2n) is 24.5. The Morgan fingerprint density at radius 2 is 0.536 bits per heavy atom. The summed E-state index contributed by atoms with van der Waals surface area (Å²) < 4.78 is 221. The van der Waals surface area contributed by atoms with Crippen LogP contribution in [0.2, 0.25) is 0 Å². The zero-order valence-electron chi connectivity index (χ0n) is 49.5. The van der Waals surface area contributed by atoms with Gasteiger partial charge in [-0.15, -0.1) is 0 Å². The third-order valence-corrected chi connectivity index (χ3v) is 19.5. The molecule has 0 aromatic rings. The van der Waals surface area contributed by atoms with Crippen LogP contribution in [0.1, 0.15) is 0 Å². The first-order chi connectivity index (χ1) is 45.7. The van der Waals surface area contributed by atoms with Gasteiger partial charge in [-0.25, -0.2) is 12.5 Å². The van der Waals surface area contributed by atoms with Crippen molar-refractivity contribution in [1.82, 2.24) is 0 Å². The second-order valence-corrected chi connectivity index (χ2v) is 27.7. The Labute approximate surface area is 546 Å².